The maximum Gasteiger partial charge on any atom is 0.0649 e. The van der Waals surface area contributed by atoms with Gasteiger partial charge in [-0.25, -0.2) is 0 Å². The molecule has 0 spiro atoms. The van der Waals surface area contributed by atoms with Crippen LogP contribution in [0.5, 0.6) is 0 Å². The third kappa shape index (κ3) is 3.18. The molecule has 0 bridgehead atoms. The molecule has 0 aliphatic carbocycles. The van der Waals surface area contributed by atoms with Gasteiger partial charge in [-0.1, -0.05) is 55.3 Å². The first-order valence-electron chi connectivity index (χ1n) is 3.23. The van der Waals surface area contributed by atoms with Gasteiger partial charge in [0.1, 0.15) is 0 Å². The second-order valence-corrected chi connectivity index (χ2v) is 4.01. The van der Waals surface area contributed by atoms with Crippen LogP contribution in [0.3, 0.4) is 0 Å². The first kappa shape index (κ1) is 10.1. The van der Waals surface area contributed by atoms with Gasteiger partial charge in [0.05, 0.1) is 5.33 Å². The molecular weight excluding hydrogens is 303 g/mol. The summed E-state index contributed by atoms with van der Waals surface area (Å²) in [5, 5.41) is 1.38. The maximum atomic E-state index is 5.82. The van der Waals surface area contributed by atoms with Crippen molar-refractivity contribution in [3.63, 3.8) is 0 Å². The third-order valence-corrected chi connectivity index (χ3v) is 2.12. The van der Waals surface area contributed by atoms with E-state index in [4.69, 9.17) is 11.6 Å². The molecule has 62 valence electrons. The summed E-state index contributed by atoms with van der Waals surface area (Å²) in [7, 11) is 0. The topological polar surface area (TPSA) is 0 Å². The monoisotopic (exact) mass is 306 g/mol. The fourth-order valence-electron chi connectivity index (χ4n) is 0.761. The Morgan fingerprint density at radius 2 is 2.08 bits per heavy atom. The van der Waals surface area contributed by atoms with Crippen LogP contribution in [0.4, 0.5) is 0 Å². The number of rotatable bonds is 0. The van der Waals surface area contributed by atoms with Crippen LogP contribution in [0.2, 0.25) is 5.02 Å². The van der Waals surface area contributed by atoms with Crippen LogP contribution >= 0.6 is 43.5 Å². The van der Waals surface area contributed by atoms with Crippen molar-refractivity contribution in [3.05, 3.63) is 33.3 Å². The minimum Gasteiger partial charge on any atom is -0.0863 e. The van der Waals surface area contributed by atoms with Gasteiger partial charge in [-0.3, -0.25) is 0 Å². The zero-order valence-electron chi connectivity index (χ0n) is 6.07. The summed E-state index contributed by atoms with van der Waals surface area (Å²) in [6, 6.07) is 5.60. The Kier molecular flexibility index (Phi) is 4.14. The van der Waals surface area contributed by atoms with Crippen LogP contribution in [0.25, 0.3) is 0 Å². The van der Waals surface area contributed by atoms with Crippen LogP contribution in [0, 0.1) is 11.8 Å². The van der Waals surface area contributed by atoms with Crippen LogP contribution in [-0.4, -0.2) is 5.33 Å². The first-order chi connectivity index (χ1) is 5.72. The Balaban J connectivity index is 3.01. The summed E-state index contributed by atoms with van der Waals surface area (Å²) in [5.74, 6) is 5.87. The number of halogens is 3. The average Bonchev–Trinajstić information content (AvgIpc) is 1.99. The highest BCUT2D eigenvalue weighted by Crippen LogP contribution is 2.18. The molecule has 0 aliphatic heterocycles. The van der Waals surface area contributed by atoms with Crippen LogP contribution in [-0.2, 0) is 0 Å². The summed E-state index contributed by atoms with van der Waals surface area (Å²) in [4.78, 5) is 0. The van der Waals surface area contributed by atoms with Gasteiger partial charge < -0.3 is 0 Å². The Hall–Kier alpha value is 0.0300. The van der Waals surface area contributed by atoms with E-state index in [1.54, 1.807) is 0 Å². The predicted molar refractivity (Wildman–Crippen MR) is 59.8 cm³/mol. The van der Waals surface area contributed by atoms with Crippen molar-refractivity contribution in [1.29, 1.82) is 0 Å². The van der Waals surface area contributed by atoms with E-state index in [0.29, 0.717) is 10.4 Å². The molecule has 0 N–H and O–H groups in total. The highest BCUT2D eigenvalue weighted by atomic mass is 79.9. The largest absolute Gasteiger partial charge is 0.0863 e. The third-order valence-electron chi connectivity index (χ3n) is 1.16. The molecule has 1 aromatic carbocycles. The van der Waals surface area contributed by atoms with E-state index in [-0.39, 0.29) is 0 Å². The Morgan fingerprint density at radius 3 is 2.67 bits per heavy atom. The van der Waals surface area contributed by atoms with Crippen LogP contribution < -0.4 is 0 Å². The van der Waals surface area contributed by atoms with Crippen molar-refractivity contribution < 1.29 is 0 Å². The highest BCUT2D eigenvalue weighted by Gasteiger charge is 1.93. The van der Waals surface area contributed by atoms with Crippen LogP contribution in [0.1, 0.15) is 5.56 Å². The van der Waals surface area contributed by atoms with Gasteiger partial charge in [-0.05, 0) is 18.2 Å². The number of hydrogen-bond acceptors (Lipinski definition) is 0. The van der Waals surface area contributed by atoms with Gasteiger partial charge in [-0.15, -0.1) is 0 Å². The summed E-state index contributed by atoms with van der Waals surface area (Å²) < 4.78 is 0.953. The van der Waals surface area contributed by atoms with Crippen molar-refractivity contribution in [2.75, 3.05) is 5.33 Å². The van der Waals surface area contributed by atoms with E-state index in [9.17, 15) is 0 Å². The standard InChI is InChI=1S/C9H5Br2Cl/c10-3-1-2-7-4-8(11)6-9(12)5-7/h4-6H,3H2. The smallest absolute Gasteiger partial charge is 0.0649 e. The lowest BCUT2D eigenvalue weighted by molar-refractivity contribution is 1.60. The highest BCUT2D eigenvalue weighted by molar-refractivity contribution is 9.10. The summed E-state index contributed by atoms with van der Waals surface area (Å²) in [6.45, 7) is 0. The van der Waals surface area contributed by atoms with Gasteiger partial charge in [0.15, 0.2) is 0 Å². The molecule has 0 atom stereocenters. The molecule has 0 unspecified atom stereocenters. The molecule has 1 rings (SSSR count). The number of benzene rings is 1. The molecule has 0 nitrogen and oxygen atoms in total. The molecule has 0 amide bonds. The lowest BCUT2D eigenvalue weighted by Crippen LogP contribution is -1.75. The molecule has 12 heavy (non-hydrogen) atoms. The molecule has 0 aromatic heterocycles. The quantitative estimate of drug-likeness (QED) is 0.504. The molecular formula is C9H5Br2Cl. The molecule has 0 saturated carbocycles. The van der Waals surface area contributed by atoms with Crippen molar-refractivity contribution in [2.24, 2.45) is 0 Å². The van der Waals surface area contributed by atoms with E-state index in [1.807, 2.05) is 18.2 Å². The van der Waals surface area contributed by atoms with Crippen molar-refractivity contribution >= 4 is 43.5 Å². The second-order valence-electron chi connectivity index (χ2n) is 2.09. The SMILES string of the molecule is Clc1cc(Br)cc(C#CCBr)c1. The first-order valence-corrected chi connectivity index (χ1v) is 5.52. The van der Waals surface area contributed by atoms with Gasteiger partial charge in [0, 0.05) is 15.1 Å². The Bertz CT molecular complexity index is 316. The zero-order valence-corrected chi connectivity index (χ0v) is 10.0. The number of alkyl halides is 1. The molecule has 3 heteroatoms. The Morgan fingerprint density at radius 1 is 1.33 bits per heavy atom. The zero-order chi connectivity index (χ0) is 8.97. The van der Waals surface area contributed by atoms with E-state index in [2.05, 4.69) is 43.7 Å². The lowest BCUT2D eigenvalue weighted by Gasteiger charge is -1.94. The summed E-state index contributed by atoms with van der Waals surface area (Å²) in [5.41, 5.74) is 0.925. The molecule has 0 heterocycles. The second kappa shape index (κ2) is 4.91. The van der Waals surface area contributed by atoms with Crippen molar-refractivity contribution in [1.82, 2.24) is 0 Å². The molecule has 0 aliphatic rings. The maximum absolute atomic E-state index is 5.82. The van der Waals surface area contributed by atoms with Crippen molar-refractivity contribution in [2.45, 2.75) is 0 Å². The molecule has 1 aromatic rings. The minimum atomic E-state index is 0.678. The van der Waals surface area contributed by atoms with E-state index in [1.165, 1.54) is 0 Å². The fraction of sp³-hybridized carbons (Fsp3) is 0.111. The predicted octanol–water partition coefficient (Wildman–Crippen LogP) is 3.85. The van der Waals surface area contributed by atoms with Crippen LogP contribution in [0.15, 0.2) is 22.7 Å². The minimum absolute atomic E-state index is 0.678. The van der Waals surface area contributed by atoms with Crippen molar-refractivity contribution in [3.8, 4) is 11.8 Å². The molecule has 0 radical (unpaired) electrons. The normalized spacial score (nSPS) is 8.92. The van der Waals surface area contributed by atoms with E-state index < -0.39 is 0 Å². The van der Waals surface area contributed by atoms with E-state index in [0.717, 1.165) is 10.0 Å². The molecule has 0 fully saturated rings. The number of hydrogen-bond donors (Lipinski definition) is 0. The lowest BCUT2D eigenvalue weighted by atomic mass is 10.2. The summed E-state index contributed by atoms with van der Waals surface area (Å²) in [6.07, 6.45) is 0. The molecule has 0 saturated heterocycles. The summed E-state index contributed by atoms with van der Waals surface area (Å²) >= 11 is 12.4. The van der Waals surface area contributed by atoms with Gasteiger partial charge in [-0.2, -0.15) is 0 Å². The Labute approximate surface area is 93.6 Å². The van der Waals surface area contributed by atoms with Gasteiger partial charge in [0.25, 0.3) is 0 Å². The van der Waals surface area contributed by atoms with E-state index >= 15 is 0 Å². The van der Waals surface area contributed by atoms with Gasteiger partial charge in [0.2, 0.25) is 0 Å². The average molecular weight is 308 g/mol. The fourth-order valence-corrected chi connectivity index (χ4v) is 1.76. The van der Waals surface area contributed by atoms with Gasteiger partial charge >= 0.3 is 0 Å².